The minimum absolute atomic E-state index is 0.226. The molecule has 1 atom stereocenters. The molecule has 0 bridgehead atoms. The van der Waals surface area contributed by atoms with Crippen LogP contribution in [0.5, 0.6) is 5.75 Å². The van der Waals surface area contributed by atoms with E-state index in [2.05, 4.69) is 72.8 Å². The zero-order chi connectivity index (χ0) is 23.0. The maximum absolute atomic E-state index is 9.03. The van der Waals surface area contributed by atoms with Gasteiger partial charge in [-0.25, -0.2) is 0 Å². The largest absolute Gasteiger partial charge is 0.508 e. The zero-order valence-corrected chi connectivity index (χ0v) is 18.7. The lowest BCUT2D eigenvalue weighted by atomic mass is 9.83. The Balaban J connectivity index is 0.000000171. The van der Waals surface area contributed by atoms with Crippen molar-refractivity contribution < 1.29 is 10.2 Å². The number of phenols is 1. The Morgan fingerprint density at radius 2 is 0.647 bits per heavy atom. The predicted molar refractivity (Wildman–Crippen MR) is 144 cm³/mol. The average molecular weight is 439 g/mol. The Bertz CT molecular complexity index is 1540. The van der Waals surface area contributed by atoms with Gasteiger partial charge in [0, 0.05) is 0 Å². The third-order valence-corrected chi connectivity index (χ3v) is 7.26. The van der Waals surface area contributed by atoms with Gasteiger partial charge in [-0.1, -0.05) is 84.9 Å². The number of rotatable bonds is 1. The van der Waals surface area contributed by atoms with Gasteiger partial charge in [0.1, 0.15) is 5.75 Å². The van der Waals surface area contributed by atoms with Crippen molar-refractivity contribution in [2.24, 2.45) is 0 Å². The fraction of sp³-hybridized carbons (Fsp3) is 0.0625. The van der Waals surface area contributed by atoms with Gasteiger partial charge in [0.15, 0.2) is 0 Å². The number of hydrogen-bond acceptors (Lipinski definition) is 2. The Morgan fingerprint density at radius 3 is 0.853 bits per heavy atom. The highest BCUT2D eigenvalue weighted by Gasteiger charge is 2.19. The summed E-state index contributed by atoms with van der Waals surface area (Å²) in [5.74, 6) is 0.226. The Labute approximate surface area is 196 Å². The number of aliphatic hydroxyl groups excluding tert-OH is 1. The van der Waals surface area contributed by atoms with E-state index < -0.39 is 6.10 Å². The Kier molecular flexibility index (Phi) is 3.94. The summed E-state index contributed by atoms with van der Waals surface area (Å²) >= 11 is 0. The molecule has 2 N–H and O–H groups in total. The maximum Gasteiger partial charge on any atom is 0.115 e. The highest BCUT2D eigenvalue weighted by molar-refractivity contribution is 6.44. The second-order valence-electron chi connectivity index (χ2n) is 9.25. The smallest absolute Gasteiger partial charge is 0.115 e. The van der Waals surface area contributed by atoms with Crippen LogP contribution in [-0.2, 0) is 0 Å². The molecule has 1 unspecified atom stereocenters. The van der Waals surface area contributed by atoms with E-state index >= 15 is 0 Å². The van der Waals surface area contributed by atoms with Gasteiger partial charge in [-0.2, -0.15) is 0 Å². The molecule has 0 fully saturated rings. The van der Waals surface area contributed by atoms with E-state index in [0.717, 1.165) is 5.56 Å². The first kappa shape index (κ1) is 19.3. The summed E-state index contributed by atoms with van der Waals surface area (Å²) in [4.78, 5) is 0. The van der Waals surface area contributed by atoms with Gasteiger partial charge in [-0.3, -0.25) is 0 Å². The minimum Gasteiger partial charge on any atom is -0.508 e. The van der Waals surface area contributed by atoms with Gasteiger partial charge in [0.25, 0.3) is 0 Å². The lowest BCUT2D eigenvalue weighted by molar-refractivity contribution is 0.199. The molecule has 8 rings (SSSR count). The third-order valence-electron chi connectivity index (χ3n) is 7.26. The molecule has 8 aromatic rings. The van der Waals surface area contributed by atoms with Crippen LogP contribution < -0.4 is 0 Å². The van der Waals surface area contributed by atoms with Crippen LogP contribution in [0, 0.1) is 0 Å². The number of aromatic hydroxyl groups is 1. The van der Waals surface area contributed by atoms with Crippen LogP contribution in [0.1, 0.15) is 18.6 Å². The highest BCUT2D eigenvalue weighted by Crippen LogP contribution is 2.47. The lowest BCUT2D eigenvalue weighted by Gasteiger charge is -2.20. The predicted octanol–water partition coefficient (Wildman–Crippen LogP) is 8.36. The molecule has 0 saturated heterocycles. The van der Waals surface area contributed by atoms with Gasteiger partial charge in [-0.05, 0) is 89.3 Å². The van der Waals surface area contributed by atoms with E-state index in [1.807, 2.05) is 0 Å². The molecule has 0 radical (unpaired) electrons. The third kappa shape index (κ3) is 2.60. The van der Waals surface area contributed by atoms with Crippen LogP contribution >= 0.6 is 0 Å². The molecule has 162 valence electrons. The van der Waals surface area contributed by atoms with Crippen LogP contribution in [0.25, 0.3) is 64.6 Å². The average Bonchev–Trinajstić information content (AvgIpc) is 2.87. The molecule has 0 aliphatic rings. The van der Waals surface area contributed by atoms with Crippen molar-refractivity contribution in [1.29, 1.82) is 0 Å². The zero-order valence-electron chi connectivity index (χ0n) is 18.7. The van der Waals surface area contributed by atoms with Gasteiger partial charge in [0.2, 0.25) is 0 Å². The van der Waals surface area contributed by atoms with E-state index in [4.69, 9.17) is 10.2 Å². The second-order valence-corrected chi connectivity index (χ2v) is 9.25. The monoisotopic (exact) mass is 438 g/mol. The Hall–Kier alpha value is -4.14. The fourth-order valence-corrected chi connectivity index (χ4v) is 5.65. The molecule has 0 aromatic heterocycles. The SMILES string of the molecule is CC(O)c1ccc(O)cc1.c1cc2ccc3ccc4ccc5ccc6ccc1c1c2c3c4c5c61. The number of benzene rings is 8. The summed E-state index contributed by atoms with van der Waals surface area (Å²) in [6.45, 7) is 1.69. The lowest BCUT2D eigenvalue weighted by Crippen LogP contribution is -1.91. The van der Waals surface area contributed by atoms with Gasteiger partial charge >= 0.3 is 0 Å². The van der Waals surface area contributed by atoms with Crippen LogP contribution in [0.3, 0.4) is 0 Å². The van der Waals surface area contributed by atoms with Gasteiger partial charge in [0.05, 0.1) is 6.10 Å². The molecule has 0 spiro atoms. The molecule has 0 aliphatic heterocycles. The highest BCUT2D eigenvalue weighted by atomic mass is 16.3. The van der Waals surface area contributed by atoms with Crippen molar-refractivity contribution in [2.75, 3.05) is 0 Å². The van der Waals surface area contributed by atoms with Crippen molar-refractivity contribution in [2.45, 2.75) is 13.0 Å². The molecule has 34 heavy (non-hydrogen) atoms. The molecule has 2 nitrogen and oxygen atoms in total. The summed E-state index contributed by atoms with van der Waals surface area (Å²) in [6, 6.07) is 33.8. The second kappa shape index (κ2) is 6.93. The van der Waals surface area contributed by atoms with Crippen LogP contribution in [0.15, 0.2) is 97.1 Å². The van der Waals surface area contributed by atoms with E-state index in [1.165, 1.54) is 64.6 Å². The van der Waals surface area contributed by atoms with E-state index in [1.54, 1.807) is 31.2 Å². The molecule has 0 saturated carbocycles. The van der Waals surface area contributed by atoms with Crippen molar-refractivity contribution in [3.05, 3.63) is 103 Å². The number of phenolic OH excluding ortho intramolecular Hbond substituents is 1. The van der Waals surface area contributed by atoms with Crippen molar-refractivity contribution in [3.8, 4) is 5.75 Å². The van der Waals surface area contributed by atoms with Crippen LogP contribution in [-0.4, -0.2) is 10.2 Å². The van der Waals surface area contributed by atoms with E-state index in [9.17, 15) is 0 Å². The minimum atomic E-state index is -0.458. The topological polar surface area (TPSA) is 40.5 Å². The van der Waals surface area contributed by atoms with Crippen LogP contribution in [0.2, 0.25) is 0 Å². The summed E-state index contributed by atoms with van der Waals surface area (Å²) in [6.07, 6.45) is -0.458. The molecule has 2 heteroatoms. The number of hydrogen-bond donors (Lipinski definition) is 2. The van der Waals surface area contributed by atoms with E-state index in [0.29, 0.717) is 0 Å². The Morgan fingerprint density at radius 1 is 0.412 bits per heavy atom. The summed E-state index contributed by atoms with van der Waals surface area (Å²) in [7, 11) is 0. The van der Waals surface area contributed by atoms with E-state index in [-0.39, 0.29) is 5.75 Å². The first-order valence-electron chi connectivity index (χ1n) is 11.6. The van der Waals surface area contributed by atoms with Crippen molar-refractivity contribution in [1.82, 2.24) is 0 Å². The molecule has 8 aromatic carbocycles. The van der Waals surface area contributed by atoms with Crippen LogP contribution in [0.4, 0.5) is 0 Å². The molecular weight excluding hydrogens is 416 g/mol. The van der Waals surface area contributed by atoms with Crippen molar-refractivity contribution in [3.63, 3.8) is 0 Å². The maximum atomic E-state index is 9.03. The summed E-state index contributed by atoms with van der Waals surface area (Å²) in [5.41, 5.74) is 0.817. The molecule has 0 aliphatic carbocycles. The first-order chi connectivity index (χ1) is 16.6. The number of aliphatic hydroxyl groups is 1. The van der Waals surface area contributed by atoms with Crippen molar-refractivity contribution >= 4 is 64.6 Å². The fourth-order valence-electron chi connectivity index (χ4n) is 5.65. The first-order valence-corrected chi connectivity index (χ1v) is 11.6. The normalized spacial score (nSPS) is 13.0. The quantitative estimate of drug-likeness (QED) is 0.200. The van der Waals surface area contributed by atoms with Gasteiger partial charge in [-0.15, -0.1) is 0 Å². The molecular formula is C32H22O2. The summed E-state index contributed by atoms with van der Waals surface area (Å²) < 4.78 is 0. The molecule has 0 amide bonds. The molecule has 0 heterocycles. The summed E-state index contributed by atoms with van der Waals surface area (Å²) in [5, 5.41) is 34.6. The standard InChI is InChI=1S/C24H12.C8H10O2/c1-2-14-5-6-16-9-11-18-12-10-17-8-7-15-4-3-13(1)19-20(14)22(16)24(18)23(17)21(15)19;1-6(9)7-2-4-8(10)5-3-7/h1-12H;2-6,9-10H,1H3. The van der Waals surface area contributed by atoms with Gasteiger partial charge < -0.3 is 10.2 Å².